The molecular formula is C23H26N4O4S2. The largest absolute Gasteiger partial charge is 0.323 e. The maximum Gasteiger partial charge on any atom is 0.261 e. The van der Waals surface area contributed by atoms with Crippen LogP contribution in [-0.4, -0.2) is 67.0 Å². The number of piperazine rings is 1. The first-order valence-corrected chi connectivity index (χ1v) is 13.4. The van der Waals surface area contributed by atoms with Gasteiger partial charge in [0.1, 0.15) is 0 Å². The molecule has 33 heavy (non-hydrogen) atoms. The van der Waals surface area contributed by atoms with E-state index in [1.807, 2.05) is 24.3 Å². The zero-order valence-corrected chi connectivity index (χ0v) is 20.0. The van der Waals surface area contributed by atoms with Crippen molar-refractivity contribution in [2.45, 2.75) is 34.4 Å². The minimum absolute atomic E-state index is 0.0628. The van der Waals surface area contributed by atoms with E-state index in [9.17, 15) is 18.0 Å². The molecule has 2 amide bonds. The number of amides is 2. The number of nitrogens with zero attached hydrogens (tertiary/aromatic N) is 3. The quantitative estimate of drug-likeness (QED) is 0.699. The van der Waals surface area contributed by atoms with Crippen LogP contribution < -0.4 is 10.2 Å². The summed E-state index contributed by atoms with van der Waals surface area (Å²) < 4.78 is 27.5. The molecule has 2 fully saturated rings. The highest BCUT2D eigenvalue weighted by molar-refractivity contribution is 8.02. The smallest absolute Gasteiger partial charge is 0.261 e. The first-order valence-electron chi connectivity index (χ1n) is 11.1. The van der Waals surface area contributed by atoms with Crippen molar-refractivity contribution in [3.8, 4) is 0 Å². The summed E-state index contributed by atoms with van der Waals surface area (Å²) in [5.74, 6) is -0.340. The molecule has 3 aliphatic rings. The number of thioether (sulfide) groups is 1. The second-order valence-electron chi connectivity index (χ2n) is 8.40. The predicted molar refractivity (Wildman–Crippen MR) is 128 cm³/mol. The molecule has 2 saturated heterocycles. The maximum atomic E-state index is 13.4. The Labute approximate surface area is 198 Å². The number of fused-ring (bicyclic) bond motifs is 3. The number of rotatable bonds is 5. The number of carbonyl (C=O) groups excluding carboxylic acids is 2. The van der Waals surface area contributed by atoms with Crippen LogP contribution in [0.15, 0.2) is 58.3 Å². The van der Waals surface area contributed by atoms with Gasteiger partial charge < -0.3 is 10.2 Å². The van der Waals surface area contributed by atoms with Crippen molar-refractivity contribution < 1.29 is 18.0 Å². The van der Waals surface area contributed by atoms with Gasteiger partial charge in [-0.1, -0.05) is 30.8 Å². The summed E-state index contributed by atoms with van der Waals surface area (Å²) in [5.41, 5.74) is 1.27. The minimum atomic E-state index is -3.58. The molecule has 5 rings (SSSR count). The zero-order chi connectivity index (χ0) is 23.2. The Hall–Kier alpha value is -2.40. The maximum absolute atomic E-state index is 13.4. The van der Waals surface area contributed by atoms with E-state index in [4.69, 9.17) is 0 Å². The number of likely N-dealkylation sites (N-methyl/N-ethyl adjacent to an activating group) is 1. The van der Waals surface area contributed by atoms with E-state index >= 15 is 0 Å². The number of nitrogens with one attached hydrogen (secondary N) is 1. The molecular weight excluding hydrogens is 460 g/mol. The summed E-state index contributed by atoms with van der Waals surface area (Å²) >= 11 is 1.40. The van der Waals surface area contributed by atoms with Crippen LogP contribution in [0.25, 0.3) is 0 Å². The third-order valence-corrected chi connectivity index (χ3v) is 9.94. The van der Waals surface area contributed by atoms with Crippen LogP contribution >= 0.6 is 11.8 Å². The number of para-hydroxylation sites is 1. The van der Waals surface area contributed by atoms with Crippen LogP contribution in [0.1, 0.15) is 19.8 Å². The molecule has 2 aromatic rings. The average Bonchev–Trinajstić information content (AvgIpc) is 3.35. The lowest BCUT2D eigenvalue weighted by Gasteiger charge is -2.33. The molecule has 0 aliphatic carbocycles. The highest BCUT2D eigenvalue weighted by Gasteiger charge is 2.57. The van der Waals surface area contributed by atoms with Crippen LogP contribution in [0, 0.1) is 0 Å². The topological polar surface area (TPSA) is 90.0 Å². The first-order chi connectivity index (χ1) is 15.8. The van der Waals surface area contributed by atoms with Crippen molar-refractivity contribution in [1.82, 2.24) is 9.21 Å². The molecule has 0 saturated carbocycles. The van der Waals surface area contributed by atoms with E-state index in [0.717, 1.165) is 30.2 Å². The van der Waals surface area contributed by atoms with Gasteiger partial charge in [-0.15, -0.1) is 0 Å². The highest BCUT2D eigenvalue weighted by Crippen LogP contribution is 2.56. The minimum Gasteiger partial charge on any atom is -0.323 e. The van der Waals surface area contributed by atoms with Gasteiger partial charge in [-0.2, -0.15) is 4.31 Å². The Kier molecular flexibility index (Phi) is 5.72. The summed E-state index contributed by atoms with van der Waals surface area (Å²) in [4.78, 5) is 29.9. The monoisotopic (exact) mass is 486 g/mol. The van der Waals surface area contributed by atoms with Gasteiger partial charge in [-0.05, 0) is 49.4 Å². The number of hydrogen-bond acceptors (Lipinski definition) is 6. The summed E-state index contributed by atoms with van der Waals surface area (Å²) in [6.45, 7) is 5.37. The van der Waals surface area contributed by atoms with E-state index in [0.29, 0.717) is 31.6 Å². The Morgan fingerprint density at radius 3 is 2.45 bits per heavy atom. The Bertz CT molecular complexity index is 1190. The Morgan fingerprint density at radius 1 is 1.06 bits per heavy atom. The fourth-order valence-corrected chi connectivity index (χ4v) is 7.51. The number of hydrogen-bond donors (Lipinski definition) is 1. The molecule has 1 atom stereocenters. The van der Waals surface area contributed by atoms with Crippen LogP contribution in [0.4, 0.5) is 11.4 Å². The standard InChI is InChI=1S/C23H26N4O4S2/c1-2-25-13-15-26(16-14-25)33(30,31)18-9-7-17(8-10-18)24-22(29)23-12-11-21(28)27(23)19-5-3-4-6-20(19)32-23/h3-10H,2,11-16H2,1H3,(H,24,29)/t23-/m1/s1. The van der Waals surface area contributed by atoms with E-state index in [1.165, 1.54) is 28.2 Å². The molecule has 0 spiro atoms. The summed E-state index contributed by atoms with van der Waals surface area (Å²) in [5, 5.41) is 2.90. The van der Waals surface area contributed by atoms with Crippen LogP contribution in [0.2, 0.25) is 0 Å². The van der Waals surface area contributed by atoms with E-state index in [2.05, 4.69) is 17.1 Å². The highest BCUT2D eigenvalue weighted by atomic mass is 32.2. The average molecular weight is 487 g/mol. The second-order valence-corrected chi connectivity index (χ2v) is 11.7. The number of benzene rings is 2. The molecule has 3 heterocycles. The van der Waals surface area contributed by atoms with Gasteiger partial charge in [-0.3, -0.25) is 14.5 Å². The lowest BCUT2D eigenvalue weighted by Crippen LogP contribution is -2.49. The van der Waals surface area contributed by atoms with Crippen molar-refractivity contribution in [3.63, 3.8) is 0 Å². The number of carbonyl (C=O) groups is 2. The van der Waals surface area contributed by atoms with Crippen LogP contribution in [0.5, 0.6) is 0 Å². The molecule has 3 aliphatic heterocycles. The van der Waals surface area contributed by atoms with Crippen molar-refractivity contribution in [2.75, 3.05) is 42.9 Å². The predicted octanol–water partition coefficient (Wildman–Crippen LogP) is 2.58. The van der Waals surface area contributed by atoms with E-state index in [-0.39, 0.29) is 16.7 Å². The van der Waals surface area contributed by atoms with E-state index < -0.39 is 14.9 Å². The number of anilines is 2. The van der Waals surface area contributed by atoms with Crippen LogP contribution in [-0.2, 0) is 19.6 Å². The molecule has 0 aromatic heterocycles. The SMILES string of the molecule is CCN1CCN(S(=O)(=O)c2ccc(NC(=O)[C@]34CCC(=O)N3c3ccccc3S4)cc2)CC1. The lowest BCUT2D eigenvalue weighted by atomic mass is 10.1. The van der Waals surface area contributed by atoms with Crippen LogP contribution in [0.3, 0.4) is 0 Å². The number of sulfonamides is 1. The fourth-order valence-electron chi connectivity index (χ4n) is 4.67. The third kappa shape index (κ3) is 3.74. The molecule has 174 valence electrons. The van der Waals surface area contributed by atoms with Gasteiger partial charge in [0.25, 0.3) is 5.91 Å². The zero-order valence-electron chi connectivity index (χ0n) is 18.4. The van der Waals surface area contributed by atoms with Gasteiger partial charge in [0, 0.05) is 43.2 Å². The van der Waals surface area contributed by atoms with Crippen molar-refractivity contribution >= 4 is 45.0 Å². The first kappa shape index (κ1) is 22.4. The summed E-state index contributed by atoms with van der Waals surface area (Å²) in [6.07, 6.45) is 0.741. The van der Waals surface area contributed by atoms with E-state index in [1.54, 1.807) is 17.0 Å². The molecule has 8 nitrogen and oxygen atoms in total. The van der Waals surface area contributed by atoms with Gasteiger partial charge >= 0.3 is 0 Å². The third-order valence-electron chi connectivity index (χ3n) is 6.56. The molecule has 0 radical (unpaired) electrons. The van der Waals surface area contributed by atoms with Gasteiger partial charge in [-0.25, -0.2) is 8.42 Å². The Morgan fingerprint density at radius 2 is 1.76 bits per heavy atom. The lowest BCUT2D eigenvalue weighted by molar-refractivity contribution is -0.121. The van der Waals surface area contributed by atoms with Gasteiger partial charge in [0.15, 0.2) is 4.87 Å². The fraction of sp³-hybridized carbons (Fsp3) is 0.391. The molecule has 0 unspecified atom stereocenters. The summed E-state index contributed by atoms with van der Waals surface area (Å²) in [6, 6.07) is 13.8. The van der Waals surface area contributed by atoms with Crippen molar-refractivity contribution in [3.05, 3.63) is 48.5 Å². The summed E-state index contributed by atoms with van der Waals surface area (Å²) in [7, 11) is -3.58. The molecule has 2 aromatic carbocycles. The molecule has 1 N–H and O–H groups in total. The Balaban J connectivity index is 1.32. The molecule has 0 bridgehead atoms. The van der Waals surface area contributed by atoms with Crippen molar-refractivity contribution in [2.24, 2.45) is 0 Å². The van der Waals surface area contributed by atoms with Gasteiger partial charge in [0.05, 0.1) is 10.6 Å². The van der Waals surface area contributed by atoms with Gasteiger partial charge in [0.2, 0.25) is 15.9 Å². The molecule has 10 heteroatoms. The normalized spacial score (nSPS) is 23.4. The second kappa shape index (κ2) is 8.43. The van der Waals surface area contributed by atoms with Crippen molar-refractivity contribution in [1.29, 1.82) is 0 Å².